The molecule has 30 nitrogen and oxygen atoms in total. The molecule has 0 saturated carbocycles. The summed E-state index contributed by atoms with van der Waals surface area (Å²) in [5, 5.41) is 43.3. The highest BCUT2D eigenvalue weighted by Gasteiger charge is 2.51. The van der Waals surface area contributed by atoms with E-state index in [9.17, 15) is 77.3 Å². The van der Waals surface area contributed by atoms with Crippen LogP contribution in [0.15, 0.2) is 24.8 Å². The molecule has 3 aliphatic rings. The zero-order chi connectivity index (χ0) is 40.9. The van der Waals surface area contributed by atoms with Gasteiger partial charge in [0.15, 0.2) is 17.7 Å². The minimum Gasteiger partial charge on any atom is -0.388 e. The van der Waals surface area contributed by atoms with Crippen LogP contribution in [0.5, 0.6) is 0 Å². The predicted octanol–water partition coefficient (Wildman–Crippen LogP) is -3.48. The average molecular weight is 891 g/mol. The topological polar surface area (TPSA) is 460 Å². The number of fused-ring (bicyclic) bond motifs is 1. The molecule has 5 rings (SSSR count). The van der Waals surface area contributed by atoms with Crippen LogP contribution in [0, 0.1) is 5.92 Å². The van der Waals surface area contributed by atoms with Crippen LogP contribution < -0.4 is 15.9 Å². The van der Waals surface area contributed by atoms with E-state index in [0.717, 1.165) is 29.4 Å². The van der Waals surface area contributed by atoms with E-state index in [1.54, 1.807) is 0 Å². The summed E-state index contributed by atoms with van der Waals surface area (Å²) in [7, 11) is -30.3. The molecule has 13 N–H and O–H groups in total. The molecule has 308 valence electrons. The Labute approximate surface area is 304 Å². The van der Waals surface area contributed by atoms with Crippen LogP contribution in [0.25, 0.3) is 11.2 Å². The van der Waals surface area contributed by atoms with Crippen LogP contribution in [-0.2, 0) is 63.9 Å². The number of hydrogen-bond acceptors (Lipinski definition) is 22. The number of imidazole rings is 1. The normalized spacial score (nSPS) is 34.0. The summed E-state index contributed by atoms with van der Waals surface area (Å²) in [6, 6.07) is 0. The number of ether oxygens (including phenoxy) is 2. The molecule has 0 aromatic carbocycles. The molecule has 14 atom stereocenters. The summed E-state index contributed by atoms with van der Waals surface area (Å²) < 4.78 is 93.9. The minimum absolute atomic E-state index is 0.0388. The van der Waals surface area contributed by atoms with Crippen LogP contribution >= 0.6 is 39.0 Å². The number of hydrogen-bond donors (Lipinski definition) is 12. The molecule has 10 unspecified atom stereocenters. The number of phosphoric ester groups is 2. The number of nitrogens with zero attached hydrogens (tertiary/aromatic N) is 4. The van der Waals surface area contributed by atoms with Gasteiger partial charge in [-0.3, -0.25) is 28.5 Å². The predicted molar refractivity (Wildman–Crippen MR) is 170 cm³/mol. The maximum Gasteiger partial charge on any atom is 0.489 e. The van der Waals surface area contributed by atoms with E-state index in [1.807, 2.05) is 5.32 Å². The number of phosphoric acid groups is 3. The molecule has 3 aliphatic heterocycles. The Bertz CT molecular complexity index is 2090. The number of carbonyl (C=O) groups is 2. The molecular formula is C20H30N7O23P5. The highest BCUT2D eigenvalue weighted by molar-refractivity contribution is 7.74. The number of imide groups is 1. The third-order valence-electron chi connectivity index (χ3n) is 7.45. The molecule has 0 bridgehead atoms. The van der Waals surface area contributed by atoms with E-state index in [4.69, 9.17) is 15.2 Å². The first-order valence-corrected chi connectivity index (χ1v) is 22.3. The maximum atomic E-state index is 12.4. The second-order valence-corrected chi connectivity index (χ2v) is 19.5. The van der Waals surface area contributed by atoms with Crippen molar-refractivity contribution in [3.8, 4) is 0 Å². The molecule has 2 aromatic heterocycles. The second-order valence-electron chi connectivity index (χ2n) is 11.4. The van der Waals surface area contributed by atoms with Gasteiger partial charge in [0.2, 0.25) is 11.8 Å². The quantitative estimate of drug-likeness (QED) is 0.0575. The van der Waals surface area contributed by atoms with E-state index < -0.39 is 119 Å². The fourth-order valence-corrected chi connectivity index (χ4v) is 12.1. The van der Waals surface area contributed by atoms with Gasteiger partial charge in [0.05, 0.1) is 25.5 Å². The number of rotatable bonds is 16. The van der Waals surface area contributed by atoms with E-state index in [-0.39, 0.29) is 17.0 Å². The average Bonchev–Trinajstić information content (AvgIpc) is 3.67. The minimum atomic E-state index is -6.30. The van der Waals surface area contributed by atoms with Crippen LogP contribution in [-0.4, -0.2) is 132 Å². The Morgan fingerprint density at radius 2 is 1.35 bits per heavy atom. The summed E-state index contributed by atoms with van der Waals surface area (Å²) in [5.41, 5.74) is 5.85. The summed E-state index contributed by atoms with van der Waals surface area (Å²) in [6.45, 7) is -2.37. The van der Waals surface area contributed by atoms with Crippen molar-refractivity contribution in [1.29, 1.82) is 0 Å². The molecule has 55 heavy (non-hydrogen) atoms. The van der Waals surface area contributed by atoms with Gasteiger partial charge in [-0.05, 0) is 0 Å². The van der Waals surface area contributed by atoms with Gasteiger partial charge in [0.25, 0.3) is 0 Å². The van der Waals surface area contributed by atoms with Crippen molar-refractivity contribution in [1.82, 2.24) is 29.7 Å². The molecule has 35 heteroatoms. The summed E-state index contributed by atoms with van der Waals surface area (Å²) in [4.78, 5) is 85.0. The maximum absolute atomic E-state index is 12.4. The van der Waals surface area contributed by atoms with Crippen LogP contribution in [0.1, 0.15) is 6.23 Å². The van der Waals surface area contributed by atoms with Gasteiger partial charge >= 0.3 is 39.0 Å². The number of nitrogens with two attached hydrogens (primary N) is 1. The molecule has 2 saturated heterocycles. The molecule has 2 amide bonds. The number of carbonyl (C=O) groups excluding carboxylic acids is 2. The molecule has 2 aromatic rings. The number of aromatic nitrogens is 4. The Kier molecular flexibility index (Phi) is 12.9. The fourth-order valence-electron chi connectivity index (χ4n) is 5.15. The second kappa shape index (κ2) is 16.2. The van der Waals surface area contributed by atoms with Gasteiger partial charge < -0.3 is 60.1 Å². The van der Waals surface area contributed by atoms with Crippen molar-refractivity contribution in [2.24, 2.45) is 5.92 Å². The number of nitrogen functional groups attached to an aromatic ring is 1. The third kappa shape index (κ3) is 10.6. The molecule has 2 fully saturated rings. The highest BCUT2D eigenvalue weighted by atomic mass is 31.3. The number of nitrogens with one attached hydrogen (secondary N) is 2. The lowest BCUT2D eigenvalue weighted by Crippen LogP contribution is -2.46. The Hall–Kier alpha value is -2.30. The van der Waals surface area contributed by atoms with Crippen LogP contribution in [0.2, 0.25) is 0 Å². The Morgan fingerprint density at radius 1 is 0.782 bits per heavy atom. The Balaban J connectivity index is 1.12. The third-order valence-corrected chi connectivity index (χ3v) is 15.5. The first kappa shape index (κ1) is 43.8. The van der Waals surface area contributed by atoms with Crippen molar-refractivity contribution in [2.75, 3.05) is 18.9 Å². The Morgan fingerprint density at radius 3 is 1.96 bits per heavy atom. The van der Waals surface area contributed by atoms with E-state index in [1.165, 1.54) is 0 Å². The van der Waals surface area contributed by atoms with Crippen molar-refractivity contribution >= 4 is 67.8 Å². The van der Waals surface area contributed by atoms with Gasteiger partial charge in [-0.25, -0.2) is 37.8 Å². The van der Waals surface area contributed by atoms with Gasteiger partial charge in [-0.2, -0.15) is 12.9 Å². The van der Waals surface area contributed by atoms with Crippen molar-refractivity contribution in [3.05, 3.63) is 24.8 Å². The summed E-state index contributed by atoms with van der Waals surface area (Å²) in [6.07, 6.45) is -9.49. The van der Waals surface area contributed by atoms with Crippen LogP contribution in [0.3, 0.4) is 0 Å². The first-order chi connectivity index (χ1) is 25.3. The van der Waals surface area contributed by atoms with E-state index in [2.05, 4.69) is 36.9 Å². The van der Waals surface area contributed by atoms with E-state index >= 15 is 0 Å². The van der Waals surface area contributed by atoms with Crippen molar-refractivity contribution in [3.63, 3.8) is 0 Å². The van der Waals surface area contributed by atoms with Gasteiger partial charge in [0, 0.05) is 6.08 Å². The zero-order valence-electron chi connectivity index (χ0n) is 26.8. The van der Waals surface area contributed by atoms with Gasteiger partial charge in [0.1, 0.15) is 54.6 Å². The number of anilines is 1. The monoisotopic (exact) mass is 891 g/mol. The lowest BCUT2D eigenvalue weighted by Gasteiger charge is -2.24. The van der Waals surface area contributed by atoms with Gasteiger partial charge in [-0.15, -0.1) is 4.86 Å². The van der Waals surface area contributed by atoms with Crippen molar-refractivity contribution < 1.29 is 109 Å². The molecule has 0 aliphatic carbocycles. The molecular weight excluding hydrogens is 861 g/mol. The number of aliphatic hydroxyl groups is 4. The van der Waals surface area contributed by atoms with Crippen molar-refractivity contribution in [2.45, 2.75) is 49.0 Å². The van der Waals surface area contributed by atoms with Gasteiger partial charge in [-0.1, -0.05) is 6.08 Å². The smallest absolute Gasteiger partial charge is 0.388 e. The molecule has 0 spiro atoms. The lowest BCUT2D eigenvalue weighted by atomic mass is 9.93. The standard InChI is InChI=1S/C20H30N7O23P5/c21-17-11-18(23-5-22-17)27(6-24-11)20-15(32)13(30)9(47-20)4-44-53(38,39)48-51(34,35)26-52(36,37)49-55(42,43)50-54(40,41)45-3-8-12(29)14(31)16(46-8)7-1-2-10(28)25-19(7)33/h1-2,5-9,12-16,20,29-32H,3-4H2,(H,38,39)(H,40,41)(H,42,43)(H2,21,22,23)(H,25,28,33)(H3,26,34,35,36,37)/t7?,8-,9-,12?,13?,14?,15?,16-,20-/m1/s1. The lowest BCUT2D eigenvalue weighted by molar-refractivity contribution is -0.135. The highest BCUT2D eigenvalue weighted by Crippen LogP contribution is 2.70. The molecule has 5 heterocycles. The van der Waals surface area contributed by atoms with E-state index in [0.29, 0.717) is 4.86 Å². The number of amides is 2. The summed E-state index contributed by atoms with van der Waals surface area (Å²) >= 11 is 0. The zero-order valence-corrected chi connectivity index (χ0v) is 31.2. The SMILES string of the molecule is Nc1ncnc2c1ncn2[C@@H]1O[C@H](COP(=O)(O)OP(=O)(O)NP(=O)(O)OP(=O)(O)OP(=O)(O)OC[C@H]2O[C@H](C3C=CC(=O)NC3=O)C(O)C2O)C(O)C1O. The summed E-state index contributed by atoms with van der Waals surface area (Å²) in [5.74, 6) is -3.06. The first-order valence-electron chi connectivity index (χ1n) is 14.6. The fraction of sp³-hybridized carbons (Fsp3) is 0.550. The largest absolute Gasteiger partial charge is 0.489 e. The van der Waals surface area contributed by atoms with Crippen LogP contribution in [0.4, 0.5) is 5.82 Å². The number of aliphatic hydroxyl groups excluding tert-OH is 4. The molecule has 0 radical (unpaired) electrons.